The molecule has 0 heterocycles. The van der Waals surface area contributed by atoms with Crippen molar-refractivity contribution < 1.29 is 9.59 Å². The minimum atomic E-state index is -0.234. The second-order valence-electron chi connectivity index (χ2n) is 7.71. The van der Waals surface area contributed by atoms with Crippen molar-refractivity contribution in [3.05, 3.63) is 23.8 Å². The lowest BCUT2D eigenvalue weighted by Crippen LogP contribution is -2.39. The molecule has 26 heavy (non-hydrogen) atoms. The summed E-state index contributed by atoms with van der Waals surface area (Å²) in [7, 11) is 3.95. The van der Waals surface area contributed by atoms with Crippen LogP contribution in [0.2, 0.25) is 0 Å². The summed E-state index contributed by atoms with van der Waals surface area (Å²) in [5.41, 5.74) is 2.74. The van der Waals surface area contributed by atoms with Gasteiger partial charge < -0.3 is 20.4 Å². The Bertz CT molecular complexity index is 624. The quantitative estimate of drug-likeness (QED) is 0.778. The Morgan fingerprint density at radius 2 is 1.65 bits per heavy atom. The van der Waals surface area contributed by atoms with Crippen molar-refractivity contribution in [1.29, 1.82) is 0 Å². The van der Waals surface area contributed by atoms with E-state index in [-0.39, 0.29) is 29.9 Å². The molecule has 0 unspecified atom stereocenters. The topological polar surface area (TPSA) is 64.7 Å². The number of amides is 3. The smallest absolute Gasteiger partial charge is 0.319 e. The molecule has 0 aliphatic heterocycles. The maximum Gasteiger partial charge on any atom is 0.319 e. The summed E-state index contributed by atoms with van der Waals surface area (Å²) in [6, 6.07) is 5.72. The largest absolute Gasteiger partial charge is 0.377 e. The number of benzene rings is 1. The third-order valence-electron chi connectivity index (χ3n) is 3.98. The van der Waals surface area contributed by atoms with E-state index in [0.717, 1.165) is 11.3 Å². The summed E-state index contributed by atoms with van der Waals surface area (Å²) in [5.74, 6) is 0.0685. The van der Waals surface area contributed by atoms with Gasteiger partial charge in [0.1, 0.15) is 0 Å². The number of hydrogen-bond acceptors (Lipinski definition) is 3. The zero-order valence-electron chi connectivity index (χ0n) is 17.4. The third kappa shape index (κ3) is 6.24. The van der Waals surface area contributed by atoms with Gasteiger partial charge in [-0.25, -0.2) is 4.79 Å². The first-order chi connectivity index (χ1) is 12.0. The highest BCUT2D eigenvalue weighted by atomic mass is 16.2. The Kier molecular flexibility index (Phi) is 7.93. The van der Waals surface area contributed by atoms with Gasteiger partial charge in [-0.2, -0.15) is 0 Å². The minimum absolute atomic E-state index is 0.0571. The fourth-order valence-corrected chi connectivity index (χ4v) is 2.69. The molecule has 6 heteroatoms. The van der Waals surface area contributed by atoms with Crippen LogP contribution in [0.4, 0.5) is 16.2 Å². The van der Waals surface area contributed by atoms with Crippen LogP contribution < -0.4 is 15.5 Å². The molecular weight excluding hydrogens is 328 g/mol. The second kappa shape index (κ2) is 9.46. The van der Waals surface area contributed by atoms with Crippen LogP contribution in [-0.4, -0.2) is 43.0 Å². The molecule has 3 amide bonds. The van der Waals surface area contributed by atoms with Crippen molar-refractivity contribution in [3.8, 4) is 0 Å². The summed E-state index contributed by atoms with van der Waals surface area (Å²) >= 11 is 0. The number of urea groups is 1. The predicted octanol–water partition coefficient (Wildman–Crippen LogP) is 3.68. The Hall–Kier alpha value is -2.24. The lowest BCUT2D eigenvalue weighted by molar-refractivity contribution is -0.136. The normalized spacial score (nSPS) is 11.0. The number of carbonyl (C=O) groups is 2. The van der Waals surface area contributed by atoms with Gasteiger partial charge in [-0.1, -0.05) is 13.8 Å². The summed E-state index contributed by atoms with van der Waals surface area (Å²) in [6.45, 7) is 12.2. The van der Waals surface area contributed by atoms with Crippen molar-refractivity contribution in [2.45, 2.75) is 60.2 Å². The van der Waals surface area contributed by atoms with Gasteiger partial charge in [-0.05, 0) is 51.5 Å². The van der Waals surface area contributed by atoms with E-state index in [1.165, 1.54) is 0 Å². The highest BCUT2D eigenvalue weighted by molar-refractivity contribution is 5.90. The van der Waals surface area contributed by atoms with Crippen LogP contribution in [0.15, 0.2) is 18.2 Å². The number of nitrogens with zero attached hydrogens (tertiary/aromatic N) is 2. The van der Waals surface area contributed by atoms with Crippen molar-refractivity contribution in [2.24, 2.45) is 5.92 Å². The average molecular weight is 363 g/mol. The molecule has 0 bridgehead atoms. The monoisotopic (exact) mass is 362 g/mol. The van der Waals surface area contributed by atoms with Crippen LogP contribution in [0.3, 0.4) is 0 Å². The van der Waals surface area contributed by atoms with Crippen LogP contribution in [0.1, 0.15) is 47.1 Å². The van der Waals surface area contributed by atoms with Crippen molar-refractivity contribution in [3.63, 3.8) is 0 Å². The lowest BCUT2D eigenvalue weighted by Gasteiger charge is -2.30. The van der Waals surface area contributed by atoms with E-state index in [0.29, 0.717) is 12.2 Å². The molecule has 6 nitrogen and oxygen atoms in total. The van der Waals surface area contributed by atoms with Gasteiger partial charge in [0.15, 0.2) is 0 Å². The summed E-state index contributed by atoms with van der Waals surface area (Å²) in [4.78, 5) is 28.5. The first kappa shape index (κ1) is 21.8. The number of rotatable bonds is 7. The van der Waals surface area contributed by atoms with E-state index in [1.807, 2.05) is 83.6 Å². The second-order valence-corrected chi connectivity index (χ2v) is 7.71. The van der Waals surface area contributed by atoms with Crippen LogP contribution in [0.5, 0.6) is 0 Å². The number of hydrogen-bond donors (Lipinski definition) is 2. The SMILES string of the molecule is CC(C)NC(=O)Nc1ccc(N(C)C)c(CN(C(=O)C(C)C)C(C)C)c1. The van der Waals surface area contributed by atoms with E-state index in [4.69, 9.17) is 0 Å². The Morgan fingerprint density at radius 3 is 2.12 bits per heavy atom. The maximum absolute atomic E-state index is 12.6. The Balaban J connectivity index is 3.14. The van der Waals surface area contributed by atoms with Crippen LogP contribution >= 0.6 is 0 Å². The predicted molar refractivity (Wildman–Crippen MR) is 109 cm³/mol. The highest BCUT2D eigenvalue weighted by Crippen LogP contribution is 2.26. The Labute approximate surface area is 157 Å². The first-order valence-electron chi connectivity index (χ1n) is 9.21. The molecule has 1 aromatic rings. The third-order valence-corrected chi connectivity index (χ3v) is 3.98. The molecule has 0 fully saturated rings. The van der Waals surface area contributed by atoms with E-state index in [9.17, 15) is 9.59 Å². The van der Waals surface area contributed by atoms with Gasteiger partial charge in [0.25, 0.3) is 0 Å². The first-order valence-corrected chi connectivity index (χ1v) is 9.21. The molecule has 146 valence electrons. The van der Waals surface area contributed by atoms with E-state index in [1.54, 1.807) is 0 Å². The fourth-order valence-electron chi connectivity index (χ4n) is 2.69. The molecule has 1 rings (SSSR count). The van der Waals surface area contributed by atoms with Gasteiger partial charge >= 0.3 is 6.03 Å². The molecule has 2 N–H and O–H groups in total. The molecule has 0 aromatic heterocycles. The van der Waals surface area contributed by atoms with E-state index >= 15 is 0 Å². The molecule has 0 saturated heterocycles. The molecule has 0 spiro atoms. The fraction of sp³-hybridized carbons (Fsp3) is 0.600. The van der Waals surface area contributed by atoms with Crippen LogP contribution in [-0.2, 0) is 11.3 Å². The summed E-state index contributed by atoms with van der Waals surface area (Å²) in [6.07, 6.45) is 0. The molecule has 0 radical (unpaired) electrons. The number of carbonyl (C=O) groups excluding carboxylic acids is 2. The summed E-state index contributed by atoms with van der Waals surface area (Å²) < 4.78 is 0. The minimum Gasteiger partial charge on any atom is -0.377 e. The summed E-state index contributed by atoms with van der Waals surface area (Å²) in [5, 5.41) is 5.68. The van der Waals surface area contributed by atoms with Gasteiger partial charge in [0.05, 0.1) is 0 Å². The van der Waals surface area contributed by atoms with Crippen LogP contribution in [0.25, 0.3) is 0 Å². The number of nitrogens with one attached hydrogen (secondary N) is 2. The molecule has 0 aliphatic rings. The van der Waals surface area contributed by atoms with Gasteiger partial charge in [-0.3, -0.25) is 4.79 Å². The van der Waals surface area contributed by atoms with Gasteiger partial charge in [0, 0.05) is 50.0 Å². The van der Waals surface area contributed by atoms with Gasteiger partial charge in [0.2, 0.25) is 5.91 Å². The highest BCUT2D eigenvalue weighted by Gasteiger charge is 2.22. The number of anilines is 2. The van der Waals surface area contributed by atoms with E-state index < -0.39 is 0 Å². The molecule has 0 atom stereocenters. The zero-order valence-corrected chi connectivity index (χ0v) is 17.4. The van der Waals surface area contributed by atoms with Crippen molar-refractivity contribution in [1.82, 2.24) is 10.2 Å². The zero-order chi connectivity index (χ0) is 20.0. The Morgan fingerprint density at radius 1 is 1.04 bits per heavy atom. The molecule has 0 saturated carbocycles. The maximum atomic E-state index is 12.6. The molecular formula is C20H34N4O2. The van der Waals surface area contributed by atoms with Crippen molar-refractivity contribution >= 4 is 23.3 Å². The van der Waals surface area contributed by atoms with Gasteiger partial charge in [-0.15, -0.1) is 0 Å². The van der Waals surface area contributed by atoms with E-state index in [2.05, 4.69) is 10.6 Å². The lowest BCUT2D eigenvalue weighted by atomic mass is 10.1. The van der Waals surface area contributed by atoms with Crippen LogP contribution in [0, 0.1) is 5.92 Å². The molecule has 1 aromatic carbocycles. The standard InChI is InChI=1S/C20H34N4O2/c1-13(2)19(25)24(15(5)6)12-16-11-17(9-10-18(16)23(7)8)22-20(26)21-14(3)4/h9-11,13-15H,12H2,1-8H3,(H2,21,22,26). The molecule has 0 aliphatic carbocycles. The van der Waals surface area contributed by atoms with Crippen molar-refractivity contribution in [2.75, 3.05) is 24.3 Å². The average Bonchev–Trinajstić information content (AvgIpc) is 2.50.